The van der Waals surface area contributed by atoms with E-state index in [9.17, 15) is 9.00 Å². The van der Waals surface area contributed by atoms with E-state index >= 15 is 0 Å². The molecule has 0 radical (unpaired) electrons. The lowest BCUT2D eigenvalue weighted by Crippen LogP contribution is -2.48. The Bertz CT molecular complexity index is 1070. The first-order valence-electron chi connectivity index (χ1n) is 10.3. The molecule has 1 aliphatic rings. The molecule has 4 rings (SSSR count). The maximum atomic E-state index is 12.9. The lowest BCUT2D eigenvalue weighted by Gasteiger charge is -2.35. The van der Waals surface area contributed by atoms with Crippen LogP contribution in [0.1, 0.15) is 21.9 Å². The molecule has 162 valence electrons. The summed E-state index contributed by atoms with van der Waals surface area (Å²) in [5, 5.41) is 0. The number of amides is 1. The van der Waals surface area contributed by atoms with Crippen molar-refractivity contribution in [1.82, 2.24) is 4.90 Å². The van der Waals surface area contributed by atoms with E-state index in [0.29, 0.717) is 24.6 Å². The van der Waals surface area contributed by atoms with E-state index in [1.165, 1.54) is 0 Å². The summed E-state index contributed by atoms with van der Waals surface area (Å²) in [6.45, 7) is 4.72. The second-order valence-corrected chi connectivity index (χ2v) is 9.00. The fourth-order valence-corrected chi connectivity index (χ4v) is 4.78. The molecule has 1 atom stereocenters. The van der Waals surface area contributed by atoms with Crippen molar-refractivity contribution in [2.75, 3.05) is 38.2 Å². The monoisotopic (exact) mass is 438 g/mol. The Kier molecular flexibility index (Phi) is 6.42. The molecule has 6 nitrogen and oxygen atoms in total. The topological polar surface area (TPSA) is 63.0 Å². The summed E-state index contributed by atoms with van der Waals surface area (Å²) in [4.78, 5) is 17.7. The van der Waals surface area contributed by atoms with Gasteiger partial charge in [0, 0.05) is 36.8 Å². The van der Waals surface area contributed by atoms with Crippen LogP contribution in [-0.2, 0) is 16.6 Å². The Balaban J connectivity index is 1.34. The SMILES string of the molecule is COc1ccc(N2CCN(C(=O)c3ccc(C[S@@](=O)c4cccc(C)c4)o3)CC2)cc1. The minimum Gasteiger partial charge on any atom is -0.497 e. The Morgan fingerprint density at radius 3 is 2.45 bits per heavy atom. The van der Waals surface area contributed by atoms with Gasteiger partial charge in [-0.3, -0.25) is 9.00 Å². The average Bonchev–Trinajstić information content (AvgIpc) is 3.27. The van der Waals surface area contributed by atoms with Gasteiger partial charge in [-0.1, -0.05) is 12.1 Å². The van der Waals surface area contributed by atoms with E-state index in [1.807, 2.05) is 55.5 Å². The quantitative estimate of drug-likeness (QED) is 0.585. The molecule has 1 fully saturated rings. The van der Waals surface area contributed by atoms with Gasteiger partial charge in [0.1, 0.15) is 11.5 Å². The van der Waals surface area contributed by atoms with Gasteiger partial charge in [0.15, 0.2) is 5.76 Å². The van der Waals surface area contributed by atoms with Crippen LogP contribution in [0.5, 0.6) is 5.75 Å². The van der Waals surface area contributed by atoms with Gasteiger partial charge in [0.25, 0.3) is 5.91 Å². The van der Waals surface area contributed by atoms with Crippen molar-refractivity contribution in [2.24, 2.45) is 0 Å². The van der Waals surface area contributed by atoms with Crippen molar-refractivity contribution in [2.45, 2.75) is 17.6 Å². The van der Waals surface area contributed by atoms with Gasteiger partial charge in [0.2, 0.25) is 0 Å². The molecule has 1 saturated heterocycles. The normalized spacial score (nSPS) is 15.0. The van der Waals surface area contributed by atoms with Crippen LogP contribution in [0.2, 0.25) is 0 Å². The summed E-state index contributed by atoms with van der Waals surface area (Å²) >= 11 is 0. The molecule has 0 aliphatic carbocycles. The highest BCUT2D eigenvalue weighted by Crippen LogP contribution is 2.22. The molecule has 0 spiro atoms. The zero-order valence-corrected chi connectivity index (χ0v) is 18.6. The largest absolute Gasteiger partial charge is 0.497 e. The first-order chi connectivity index (χ1) is 15.0. The third-order valence-electron chi connectivity index (χ3n) is 5.40. The fourth-order valence-electron chi connectivity index (χ4n) is 3.66. The van der Waals surface area contributed by atoms with E-state index < -0.39 is 10.8 Å². The van der Waals surface area contributed by atoms with Crippen molar-refractivity contribution in [3.63, 3.8) is 0 Å². The first-order valence-corrected chi connectivity index (χ1v) is 11.6. The molecule has 3 aromatic rings. The predicted molar refractivity (Wildman–Crippen MR) is 121 cm³/mol. The van der Waals surface area contributed by atoms with Crippen LogP contribution in [0.25, 0.3) is 0 Å². The fraction of sp³-hybridized carbons (Fsp3) is 0.292. The first kappa shape index (κ1) is 21.2. The molecular weight excluding hydrogens is 412 g/mol. The summed E-state index contributed by atoms with van der Waals surface area (Å²) in [5.74, 6) is 1.81. The van der Waals surface area contributed by atoms with Crippen LogP contribution in [0.4, 0.5) is 5.69 Å². The van der Waals surface area contributed by atoms with Gasteiger partial charge in [-0.15, -0.1) is 0 Å². The highest BCUT2D eigenvalue weighted by molar-refractivity contribution is 7.84. The molecule has 2 aromatic carbocycles. The van der Waals surface area contributed by atoms with E-state index in [2.05, 4.69) is 4.90 Å². The zero-order valence-electron chi connectivity index (χ0n) is 17.7. The predicted octanol–water partition coefficient (Wildman–Crippen LogP) is 3.87. The number of anilines is 1. The van der Waals surface area contributed by atoms with Crippen LogP contribution >= 0.6 is 0 Å². The molecule has 0 bridgehead atoms. The Hall–Kier alpha value is -3.06. The second-order valence-electron chi connectivity index (χ2n) is 7.55. The number of furan rings is 1. The molecular formula is C24H26N2O4S. The molecule has 0 N–H and O–H groups in total. The van der Waals surface area contributed by atoms with E-state index in [0.717, 1.165) is 35.0 Å². The number of benzene rings is 2. The Morgan fingerprint density at radius 2 is 1.77 bits per heavy atom. The number of carbonyl (C=O) groups is 1. The van der Waals surface area contributed by atoms with E-state index in [1.54, 1.807) is 24.1 Å². The lowest BCUT2D eigenvalue weighted by molar-refractivity contribution is 0.0713. The summed E-state index contributed by atoms with van der Waals surface area (Å²) in [5.41, 5.74) is 2.18. The maximum absolute atomic E-state index is 12.9. The molecule has 1 aromatic heterocycles. The number of hydrogen-bond acceptors (Lipinski definition) is 5. The summed E-state index contributed by atoms with van der Waals surface area (Å²) in [7, 11) is 0.440. The van der Waals surface area contributed by atoms with Gasteiger partial charge in [0.05, 0.1) is 23.7 Å². The van der Waals surface area contributed by atoms with Crippen LogP contribution in [0.15, 0.2) is 70.0 Å². The maximum Gasteiger partial charge on any atom is 0.289 e. The molecule has 1 amide bonds. The third-order valence-corrected chi connectivity index (χ3v) is 6.73. The van der Waals surface area contributed by atoms with Crippen molar-refractivity contribution in [3.8, 4) is 5.75 Å². The number of ether oxygens (including phenoxy) is 1. The molecule has 2 heterocycles. The number of aryl methyl sites for hydroxylation is 1. The van der Waals surface area contributed by atoms with Gasteiger partial charge in [-0.2, -0.15) is 0 Å². The number of rotatable bonds is 6. The van der Waals surface area contributed by atoms with E-state index in [-0.39, 0.29) is 11.7 Å². The highest BCUT2D eigenvalue weighted by atomic mass is 32.2. The molecule has 0 unspecified atom stereocenters. The van der Waals surface area contributed by atoms with Crippen molar-refractivity contribution in [1.29, 1.82) is 0 Å². The van der Waals surface area contributed by atoms with Gasteiger partial charge >= 0.3 is 0 Å². The van der Waals surface area contributed by atoms with Crippen LogP contribution in [-0.4, -0.2) is 48.3 Å². The zero-order chi connectivity index (χ0) is 21.8. The number of nitrogens with zero attached hydrogens (tertiary/aromatic N) is 2. The minimum absolute atomic E-state index is 0.123. The second kappa shape index (κ2) is 9.39. The van der Waals surface area contributed by atoms with Gasteiger partial charge in [-0.05, 0) is 61.0 Å². The van der Waals surface area contributed by atoms with Crippen LogP contribution < -0.4 is 9.64 Å². The summed E-state index contributed by atoms with van der Waals surface area (Å²) in [6, 6.07) is 19.0. The highest BCUT2D eigenvalue weighted by Gasteiger charge is 2.24. The summed E-state index contributed by atoms with van der Waals surface area (Å²) in [6.07, 6.45) is 0. The van der Waals surface area contributed by atoms with E-state index in [4.69, 9.17) is 9.15 Å². The Morgan fingerprint density at radius 1 is 1.03 bits per heavy atom. The lowest BCUT2D eigenvalue weighted by atomic mass is 10.2. The number of piperazine rings is 1. The average molecular weight is 439 g/mol. The van der Waals surface area contributed by atoms with Gasteiger partial charge < -0.3 is 19.0 Å². The molecule has 0 saturated carbocycles. The molecule has 31 heavy (non-hydrogen) atoms. The third kappa shape index (κ3) is 4.99. The van der Waals surface area contributed by atoms with Crippen LogP contribution in [0, 0.1) is 6.92 Å². The Labute approximate surface area is 184 Å². The smallest absolute Gasteiger partial charge is 0.289 e. The van der Waals surface area contributed by atoms with Crippen molar-refractivity contribution < 1.29 is 18.2 Å². The standard InChI is InChI=1S/C24H26N2O4S/c1-18-4-3-5-22(16-18)31(28)17-21-10-11-23(30-21)24(27)26-14-12-25(13-15-26)19-6-8-20(29-2)9-7-19/h3-11,16H,12-15,17H2,1-2H3/t31-/m1/s1. The molecule has 7 heteroatoms. The van der Waals surface area contributed by atoms with Gasteiger partial charge in [-0.25, -0.2) is 0 Å². The summed E-state index contributed by atoms with van der Waals surface area (Å²) < 4.78 is 23.6. The molecule has 1 aliphatic heterocycles. The number of methoxy groups -OCH3 is 1. The number of carbonyl (C=O) groups excluding carboxylic acids is 1. The van der Waals surface area contributed by atoms with Crippen molar-refractivity contribution in [3.05, 3.63) is 77.7 Å². The minimum atomic E-state index is -1.21. The van der Waals surface area contributed by atoms with Crippen LogP contribution in [0.3, 0.4) is 0 Å². The van der Waals surface area contributed by atoms with Crippen molar-refractivity contribution >= 4 is 22.4 Å². The number of hydrogen-bond donors (Lipinski definition) is 0.